The summed E-state index contributed by atoms with van der Waals surface area (Å²) in [6, 6.07) is 19.5. The number of hydrogen-bond acceptors (Lipinski definition) is 5. The van der Waals surface area contributed by atoms with Crippen LogP contribution >= 0.6 is 0 Å². The molecule has 3 aliphatic heterocycles. The van der Waals surface area contributed by atoms with Crippen LogP contribution in [0, 0.1) is 0 Å². The number of nitrogens with zero attached hydrogens (tertiary/aromatic N) is 5. The Bertz CT molecular complexity index is 1290. The number of fused-ring (bicyclic) bond motifs is 3. The van der Waals surface area contributed by atoms with Crippen LogP contribution in [0.4, 0.5) is 17.1 Å². The van der Waals surface area contributed by atoms with Crippen molar-refractivity contribution in [2.75, 3.05) is 47.5 Å². The number of rotatable bonds is 31. The predicted molar refractivity (Wildman–Crippen MR) is 248 cm³/mol. The van der Waals surface area contributed by atoms with Gasteiger partial charge in [-0.1, -0.05) is 211 Å². The van der Waals surface area contributed by atoms with Crippen LogP contribution in [0.25, 0.3) is 0 Å². The Morgan fingerprint density at radius 1 is 0.464 bits per heavy atom. The standard InChI is InChI=1S/C26H43N3.C25H42N2/c1-2-3-4-5-6-7-8-9-10-11-12-13-14-17-22-28-24-19-15-16-20-25(24)29-23-18-21-27-26(28)29;1-2-3-4-5-6-7-8-9-10-11-12-13-14-18-21-26-22-23-27(24-26)25-19-16-15-17-20-25/h15-16,19-20H,2-14,17-18,21-23H2,1H3;15-17,19-20,22-23H,2-14,18,21,24H2,1H3. The van der Waals surface area contributed by atoms with Gasteiger partial charge in [0.15, 0.2) is 0 Å². The van der Waals surface area contributed by atoms with Gasteiger partial charge in [-0.25, -0.2) is 0 Å². The van der Waals surface area contributed by atoms with Crippen LogP contribution in [0.3, 0.4) is 0 Å². The Morgan fingerprint density at radius 2 is 0.911 bits per heavy atom. The maximum Gasteiger partial charge on any atom is 0.205 e. The molecule has 314 valence electrons. The third-order valence-corrected chi connectivity index (χ3v) is 12.2. The molecular formula is C51H85N5. The summed E-state index contributed by atoms with van der Waals surface area (Å²) in [5, 5.41) is 0. The van der Waals surface area contributed by atoms with Crippen molar-refractivity contribution in [3.63, 3.8) is 0 Å². The molecule has 0 radical (unpaired) electrons. The van der Waals surface area contributed by atoms with E-state index >= 15 is 0 Å². The Hall–Kier alpha value is -2.95. The smallest absolute Gasteiger partial charge is 0.205 e. The van der Waals surface area contributed by atoms with E-state index in [2.05, 4.69) is 100 Å². The highest BCUT2D eigenvalue weighted by Gasteiger charge is 2.33. The van der Waals surface area contributed by atoms with Crippen molar-refractivity contribution in [2.45, 2.75) is 200 Å². The molecule has 5 nitrogen and oxygen atoms in total. The van der Waals surface area contributed by atoms with Crippen LogP contribution in [0.5, 0.6) is 0 Å². The zero-order valence-electron chi connectivity index (χ0n) is 36.6. The van der Waals surface area contributed by atoms with E-state index in [0.29, 0.717) is 0 Å². The number of anilines is 3. The summed E-state index contributed by atoms with van der Waals surface area (Å²) in [5.41, 5.74) is 4.01. The fraction of sp³-hybridized carbons (Fsp3) is 0.706. The average molecular weight is 768 g/mol. The van der Waals surface area contributed by atoms with Crippen molar-refractivity contribution in [1.29, 1.82) is 0 Å². The maximum absolute atomic E-state index is 4.84. The summed E-state index contributed by atoms with van der Waals surface area (Å²) in [6.07, 6.45) is 45.5. The lowest BCUT2D eigenvalue weighted by molar-refractivity contribution is 0.388. The maximum atomic E-state index is 4.84. The van der Waals surface area contributed by atoms with Crippen LogP contribution in [-0.2, 0) is 0 Å². The van der Waals surface area contributed by atoms with Crippen LogP contribution in [0.15, 0.2) is 72.0 Å². The minimum absolute atomic E-state index is 0.981. The number of hydrogen-bond donors (Lipinski definition) is 0. The molecule has 0 saturated carbocycles. The van der Waals surface area contributed by atoms with E-state index < -0.39 is 0 Å². The Kier molecular flexibility index (Phi) is 24.6. The Balaban J connectivity index is 0.000000249. The third-order valence-electron chi connectivity index (χ3n) is 12.2. The number of unbranched alkanes of at least 4 members (excludes halogenated alkanes) is 26. The highest BCUT2D eigenvalue weighted by Crippen LogP contribution is 2.38. The quantitative estimate of drug-likeness (QED) is 0.0714. The summed E-state index contributed by atoms with van der Waals surface area (Å²) >= 11 is 0. The zero-order valence-corrected chi connectivity index (χ0v) is 36.6. The van der Waals surface area contributed by atoms with E-state index in [1.807, 2.05) is 0 Å². The molecule has 5 rings (SSSR count). The van der Waals surface area contributed by atoms with E-state index in [0.717, 1.165) is 26.3 Å². The van der Waals surface area contributed by atoms with Gasteiger partial charge in [-0.3, -0.25) is 4.99 Å². The van der Waals surface area contributed by atoms with Crippen molar-refractivity contribution in [3.05, 3.63) is 67.0 Å². The largest absolute Gasteiger partial charge is 0.358 e. The summed E-state index contributed by atoms with van der Waals surface area (Å²) in [7, 11) is 0. The number of aliphatic imine (C=N–C) groups is 1. The second-order valence-electron chi connectivity index (χ2n) is 17.1. The van der Waals surface area contributed by atoms with E-state index in [4.69, 9.17) is 4.99 Å². The van der Waals surface area contributed by atoms with Crippen molar-refractivity contribution in [3.8, 4) is 0 Å². The normalized spacial score (nSPS) is 14.6. The van der Waals surface area contributed by atoms with Gasteiger partial charge in [0.1, 0.15) is 0 Å². The fourth-order valence-electron chi connectivity index (χ4n) is 8.67. The molecule has 0 spiro atoms. The molecular weight excluding hydrogens is 683 g/mol. The molecule has 0 aliphatic carbocycles. The van der Waals surface area contributed by atoms with Crippen molar-refractivity contribution in [2.24, 2.45) is 4.99 Å². The lowest BCUT2D eigenvalue weighted by Crippen LogP contribution is -2.42. The van der Waals surface area contributed by atoms with E-state index in [1.165, 1.54) is 216 Å². The molecule has 0 atom stereocenters. The zero-order chi connectivity index (χ0) is 39.1. The second-order valence-corrected chi connectivity index (χ2v) is 17.1. The third kappa shape index (κ3) is 18.1. The highest BCUT2D eigenvalue weighted by molar-refractivity contribution is 6.16. The minimum Gasteiger partial charge on any atom is -0.358 e. The number of benzene rings is 2. The van der Waals surface area contributed by atoms with Gasteiger partial charge in [0.25, 0.3) is 0 Å². The van der Waals surface area contributed by atoms with Gasteiger partial charge < -0.3 is 19.6 Å². The van der Waals surface area contributed by atoms with Crippen molar-refractivity contribution >= 4 is 23.0 Å². The van der Waals surface area contributed by atoms with Crippen LogP contribution in [0.1, 0.15) is 200 Å². The molecule has 2 aromatic carbocycles. The first-order chi connectivity index (χ1) is 27.8. The molecule has 0 saturated heterocycles. The van der Waals surface area contributed by atoms with Crippen LogP contribution < -0.4 is 14.7 Å². The minimum atomic E-state index is 0.981. The van der Waals surface area contributed by atoms with E-state index in [-0.39, 0.29) is 0 Å². The Labute approximate surface area is 346 Å². The first-order valence-electron chi connectivity index (χ1n) is 24.2. The van der Waals surface area contributed by atoms with Crippen LogP contribution in [-0.4, -0.2) is 43.7 Å². The number of guanidine groups is 1. The van der Waals surface area contributed by atoms with Gasteiger partial charge in [0, 0.05) is 44.3 Å². The Morgan fingerprint density at radius 3 is 1.43 bits per heavy atom. The monoisotopic (exact) mass is 768 g/mol. The molecule has 0 fully saturated rings. The lowest BCUT2D eigenvalue weighted by atomic mass is 10.0. The molecule has 0 aromatic heterocycles. The molecule has 56 heavy (non-hydrogen) atoms. The predicted octanol–water partition coefficient (Wildman–Crippen LogP) is 15.3. The molecule has 2 aromatic rings. The summed E-state index contributed by atoms with van der Waals surface area (Å²) in [4.78, 5) is 14.5. The van der Waals surface area contributed by atoms with Gasteiger partial charge in [0.05, 0.1) is 18.0 Å². The molecule has 0 bridgehead atoms. The first-order valence-corrected chi connectivity index (χ1v) is 24.2. The van der Waals surface area contributed by atoms with Crippen molar-refractivity contribution < 1.29 is 0 Å². The lowest BCUT2D eigenvalue weighted by Gasteiger charge is -2.26. The van der Waals surface area contributed by atoms with E-state index in [9.17, 15) is 0 Å². The summed E-state index contributed by atoms with van der Waals surface area (Å²) in [5.74, 6) is 1.20. The average Bonchev–Trinajstić information content (AvgIpc) is 3.84. The first kappa shape index (κ1) is 45.7. The van der Waals surface area contributed by atoms with Gasteiger partial charge >= 0.3 is 0 Å². The topological polar surface area (TPSA) is 25.3 Å². The second kappa shape index (κ2) is 30.2. The SMILES string of the molecule is CCCCCCCCCCCCCCCCN1C2=NCCCN2c2ccccc21.CCCCCCCCCCCCCCCCN1C=CN(c2ccccc2)C1. The van der Waals surface area contributed by atoms with Gasteiger partial charge in [-0.15, -0.1) is 0 Å². The van der Waals surface area contributed by atoms with Crippen LogP contribution in [0.2, 0.25) is 0 Å². The number of para-hydroxylation sites is 3. The summed E-state index contributed by atoms with van der Waals surface area (Å²) < 4.78 is 0. The molecule has 3 aliphatic rings. The molecule has 3 heterocycles. The van der Waals surface area contributed by atoms with Gasteiger partial charge in [-0.2, -0.15) is 0 Å². The molecule has 0 amide bonds. The summed E-state index contributed by atoms with van der Waals surface area (Å²) in [6.45, 7) is 10.00. The highest BCUT2D eigenvalue weighted by atomic mass is 15.4. The molecule has 5 heteroatoms. The van der Waals surface area contributed by atoms with Gasteiger partial charge in [0.2, 0.25) is 5.96 Å². The van der Waals surface area contributed by atoms with E-state index in [1.54, 1.807) is 0 Å². The molecule has 0 N–H and O–H groups in total. The fourth-order valence-corrected chi connectivity index (χ4v) is 8.67. The van der Waals surface area contributed by atoms with Crippen molar-refractivity contribution in [1.82, 2.24) is 4.90 Å². The molecule has 0 unspecified atom stereocenters. The van der Waals surface area contributed by atoms with Gasteiger partial charge in [-0.05, 0) is 43.5 Å².